The van der Waals surface area contributed by atoms with Crippen molar-refractivity contribution in [1.29, 1.82) is 0 Å². The number of carboxylic acid groups (broad SMARTS) is 1. The van der Waals surface area contributed by atoms with E-state index in [0.717, 1.165) is 27.7 Å². The highest BCUT2D eigenvalue weighted by Crippen LogP contribution is 2.35. The average Bonchev–Trinajstić information content (AvgIpc) is 2.84. The van der Waals surface area contributed by atoms with Gasteiger partial charge in [-0.15, -0.1) is 0 Å². The van der Waals surface area contributed by atoms with Crippen molar-refractivity contribution in [2.45, 2.75) is 39.9 Å². The van der Waals surface area contributed by atoms with Gasteiger partial charge >= 0.3 is 23.9 Å². The van der Waals surface area contributed by atoms with E-state index in [4.69, 9.17) is 18.9 Å². The van der Waals surface area contributed by atoms with E-state index < -0.39 is 54.0 Å². The first-order valence-electron chi connectivity index (χ1n) is 11.4. The third-order valence-corrected chi connectivity index (χ3v) is 7.83. The molecular weight excluding hydrogens is 891 g/mol. The molecule has 0 saturated heterocycles. The maximum absolute atomic E-state index is 13.3. The van der Waals surface area contributed by atoms with E-state index in [1.54, 1.807) is 67.8 Å². The molecule has 2 unspecified atom stereocenters. The van der Waals surface area contributed by atoms with Crippen LogP contribution in [0.25, 0.3) is 0 Å². The average molecular weight is 916 g/mol. The predicted molar refractivity (Wildman–Crippen MR) is 163 cm³/mol. The van der Waals surface area contributed by atoms with E-state index in [1.807, 2.05) is 0 Å². The number of hydrogen-bond acceptors (Lipinski definition) is 12. The monoisotopic (exact) mass is 916 g/mol. The van der Waals surface area contributed by atoms with Gasteiger partial charge in [0.1, 0.15) is 19.3 Å². The van der Waals surface area contributed by atoms with Crippen LogP contribution in [0.15, 0.2) is 0 Å². The number of anilines is 1. The molecule has 1 aromatic carbocycles. The maximum atomic E-state index is 13.3. The molecule has 2 atom stereocenters. The molecule has 0 aliphatic heterocycles. The largest absolute Gasteiger partial charge is 0.530 e. The van der Waals surface area contributed by atoms with Gasteiger partial charge in [0.25, 0.3) is 11.8 Å². The molecule has 15 nitrogen and oxygen atoms in total. The van der Waals surface area contributed by atoms with E-state index in [1.165, 1.54) is 0 Å². The topological polar surface area (TPSA) is 216 Å². The van der Waals surface area contributed by atoms with Gasteiger partial charge in [0.2, 0.25) is 0 Å². The second-order valence-electron chi connectivity index (χ2n) is 7.97. The molecule has 0 radical (unpaired) electrons. The molecule has 0 aliphatic carbocycles. The normalized spacial score (nSPS) is 11.8. The zero-order valence-electron chi connectivity index (χ0n) is 22.0. The van der Waals surface area contributed by atoms with Crippen molar-refractivity contribution in [2.24, 2.45) is 0 Å². The number of hydrogen-bond donors (Lipinski definition) is 3. The van der Waals surface area contributed by atoms with Crippen LogP contribution in [-0.2, 0) is 38.1 Å². The number of amides is 3. The highest BCUT2D eigenvalue weighted by Gasteiger charge is 2.29. The summed E-state index contributed by atoms with van der Waals surface area (Å²) in [6.45, 7) is 3.34. The molecular formula is C23H25I3N3O12-. The molecule has 0 heterocycles. The highest BCUT2D eigenvalue weighted by molar-refractivity contribution is 14.1. The van der Waals surface area contributed by atoms with Crippen molar-refractivity contribution >= 4 is 115 Å². The molecule has 3 amide bonds. The maximum Gasteiger partial charge on any atom is 0.303 e. The molecule has 3 N–H and O–H groups in total. The first kappa shape index (κ1) is 36.5. The van der Waals surface area contributed by atoms with Crippen molar-refractivity contribution in [3.8, 4) is 0 Å². The fourth-order valence-electron chi connectivity index (χ4n) is 3.02. The number of rotatable bonds is 13. The molecule has 0 aromatic heterocycles. The summed E-state index contributed by atoms with van der Waals surface area (Å²) >= 11 is 5.20. The van der Waals surface area contributed by atoms with E-state index in [2.05, 4.69) is 16.0 Å². The van der Waals surface area contributed by atoms with Crippen LogP contribution < -0.4 is 21.1 Å². The summed E-state index contributed by atoms with van der Waals surface area (Å²) in [5.41, 5.74) is -0.285. The Morgan fingerprint density at radius 3 is 1.32 bits per heavy atom. The lowest BCUT2D eigenvalue weighted by Gasteiger charge is -2.22. The Balaban J connectivity index is 3.39. The smallest absolute Gasteiger partial charge is 0.303 e. The summed E-state index contributed by atoms with van der Waals surface area (Å²) in [5, 5.41) is 18.5. The van der Waals surface area contributed by atoms with Crippen LogP contribution in [0.3, 0.4) is 0 Å². The van der Waals surface area contributed by atoms with Crippen LogP contribution >= 0.6 is 67.8 Å². The second-order valence-corrected chi connectivity index (χ2v) is 11.2. The van der Waals surface area contributed by atoms with Gasteiger partial charge in [0, 0.05) is 31.3 Å². The Kier molecular flexibility index (Phi) is 15.5. The third kappa shape index (κ3) is 12.5. The zero-order chi connectivity index (χ0) is 31.4. The second kappa shape index (κ2) is 17.5. The number of carbonyl (C=O) groups excluding carboxylic acids is 7. The number of carbonyl (C=O) groups is 7. The number of halogens is 3. The molecule has 0 bridgehead atoms. The van der Waals surface area contributed by atoms with E-state index >= 15 is 0 Å². The van der Waals surface area contributed by atoms with Gasteiger partial charge in [-0.1, -0.05) is 0 Å². The van der Waals surface area contributed by atoms with Crippen molar-refractivity contribution in [1.82, 2.24) is 10.6 Å². The lowest BCUT2D eigenvalue weighted by atomic mass is 10.1. The Hall–Kier alpha value is -2.50. The number of ether oxygens (including phenoxy) is 4. The van der Waals surface area contributed by atoms with E-state index in [9.17, 15) is 38.7 Å². The Morgan fingerprint density at radius 2 is 1.02 bits per heavy atom. The van der Waals surface area contributed by atoms with Crippen molar-refractivity contribution in [3.63, 3.8) is 0 Å². The molecule has 0 fully saturated rings. The molecule has 226 valence electrons. The zero-order valence-corrected chi connectivity index (χ0v) is 28.5. The fourth-order valence-corrected chi connectivity index (χ4v) is 7.44. The van der Waals surface area contributed by atoms with Crippen LogP contribution in [0.4, 0.5) is 10.5 Å². The first-order chi connectivity index (χ1) is 19.0. The third-order valence-electron chi connectivity index (χ3n) is 4.59. The van der Waals surface area contributed by atoms with Gasteiger partial charge in [-0.2, -0.15) is 0 Å². The molecule has 0 saturated carbocycles. The van der Waals surface area contributed by atoms with Gasteiger partial charge in [0.15, 0.2) is 12.2 Å². The van der Waals surface area contributed by atoms with Crippen molar-refractivity contribution < 1.29 is 57.6 Å². The van der Waals surface area contributed by atoms with E-state index in [0.29, 0.717) is 0 Å². The van der Waals surface area contributed by atoms with Crippen molar-refractivity contribution in [3.05, 3.63) is 21.8 Å². The Labute approximate surface area is 274 Å². The van der Waals surface area contributed by atoms with Crippen LogP contribution in [0.1, 0.15) is 48.4 Å². The van der Waals surface area contributed by atoms with Crippen LogP contribution in [-0.4, -0.2) is 80.3 Å². The van der Waals surface area contributed by atoms with Gasteiger partial charge in [-0.3, -0.25) is 28.8 Å². The van der Waals surface area contributed by atoms with E-state index in [-0.39, 0.29) is 53.8 Å². The SMILES string of the molecule is CC(=O)OCC(CNC(=O)c1c(I)c(NC(=O)[O-])c(I)c(C(=O)NCC(COC(C)=O)OC(C)=O)c1I)OC(C)=O. The van der Waals surface area contributed by atoms with Crippen LogP contribution in [0.5, 0.6) is 0 Å². The minimum atomic E-state index is -1.70. The summed E-state index contributed by atoms with van der Waals surface area (Å²) in [5.74, 6) is -4.16. The number of benzene rings is 1. The quantitative estimate of drug-likeness (QED) is 0.142. The summed E-state index contributed by atoms with van der Waals surface area (Å²) in [6.07, 6.45) is -3.76. The molecule has 1 aromatic rings. The van der Waals surface area contributed by atoms with Gasteiger partial charge < -0.3 is 44.8 Å². The Bertz CT molecular complexity index is 1140. The minimum Gasteiger partial charge on any atom is -0.530 e. The number of nitrogens with one attached hydrogen (secondary N) is 3. The number of esters is 4. The highest BCUT2D eigenvalue weighted by atomic mass is 127. The van der Waals surface area contributed by atoms with Crippen molar-refractivity contribution in [2.75, 3.05) is 31.6 Å². The fraction of sp³-hybridized carbons (Fsp3) is 0.435. The molecule has 18 heteroatoms. The predicted octanol–water partition coefficient (Wildman–Crippen LogP) is 0.705. The minimum absolute atomic E-state index is 0.0916. The van der Waals surface area contributed by atoms with Crippen LogP contribution in [0, 0.1) is 10.7 Å². The van der Waals surface area contributed by atoms with Gasteiger partial charge in [-0.05, 0) is 67.8 Å². The standard InChI is InChI=1S/C23H26I3N3O12/c1-9(30)38-7-13(40-11(3)32)5-27-21(34)15-17(24)16(19(26)20(18(15)25)29-23(36)37)22(35)28-6-14(41-12(4)33)8-39-10(2)31/h13-14,29H,5-8H2,1-4H3,(H,27,34)(H,28,35)(H,36,37)/p-1. The molecule has 0 aliphatic rings. The first-order valence-corrected chi connectivity index (χ1v) is 14.6. The molecule has 1 rings (SSSR count). The van der Waals surface area contributed by atoms with Crippen LogP contribution in [0.2, 0.25) is 0 Å². The summed E-state index contributed by atoms with van der Waals surface area (Å²) in [4.78, 5) is 83.1. The van der Waals surface area contributed by atoms with Gasteiger partial charge in [-0.25, -0.2) is 0 Å². The summed E-state index contributed by atoms with van der Waals surface area (Å²) < 4.78 is 20.2. The van der Waals surface area contributed by atoms with Gasteiger partial charge in [0.05, 0.1) is 37.0 Å². The summed E-state index contributed by atoms with van der Waals surface area (Å²) in [7, 11) is 0. The lowest BCUT2D eigenvalue weighted by molar-refractivity contribution is -0.242. The summed E-state index contributed by atoms with van der Waals surface area (Å²) in [6, 6.07) is 0. The molecule has 0 spiro atoms. The Morgan fingerprint density at radius 1 is 0.659 bits per heavy atom. The lowest BCUT2D eigenvalue weighted by Crippen LogP contribution is -2.40. The molecule has 41 heavy (non-hydrogen) atoms.